The number of hydrogen-bond donors (Lipinski definition) is 0. The molecule has 144 valence electrons. The van der Waals surface area contributed by atoms with Gasteiger partial charge in [-0.15, -0.1) is 0 Å². The van der Waals surface area contributed by atoms with Gasteiger partial charge in [0.15, 0.2) is 5.78 Å². The number of carbonyl (C=O) groups excluding carboxylic acids is 1. The molecule has 0 aromatic carbocycles. The summed E-state index contributed by atoms with van der Waals surface area (Å²) in [5, 5.41) is 0. The Hall–Kier alpha value is -2.78. The molecule has 2 aromatic rings. The number of carbonyl (C=O) groups is 1. The lowest BCUT2D eigenvalue weighted by Crippen LogP contribution is -2.48. The Bertz CT molecular complexity index is 862. The smallest absolute Gasteiger partial charge is 0.337 e. The van der Waals surface area contributed by atoms with E-state index in [9.17, 15) is 18.0 Å². The number of hydrogen-bond acceptors (Lipinski definition) is 7. The van der Waals surface area contributed by atoms with Crippen LogP contribution in [0.3, 0.4) is 0 Å². The second kappa shape index (κ2) is 7.09. The molecule has 0 amide bonds. The van der Waals surface area contributed by atoms with Crippen molar-refractivity contribution in [3.63, 3.8) is 0 Å². The van der Waals surface area contributed by atoms with Gasteiger partial charge in [-0.05, 0) is 26.8 Å². The van der Waals surface area contributed by atoms with E-state index in [-0.39, 0.29) is 17.4 Å². The van der Waals surface area contributed by atoms with Gasteiger partial charge in [0.2, 0.25) is 11.9 Å². The number of ketones is 1. The summed E-state index contributed by atoms with van der Waals surface area (Å²) in [5.41, 5.74) is 0.414. The van der Waals surface area contributed by atoms with Crippen LogP contribution in [-0.2, 0) is 6.18 Å². The number of halogens is 3. The van der Waals surface area contributed by atoms with E-state index >= 15 is 0 Å². The fraction of sp³-hybridized carbons (Fsp3) is 0.471. The van der Waals surface area contributed by atoms with Crippen LogP contribution < -0.4 is 9.80 Å². The average molecular weight is 380 g/mol. The summed E-state index contributed by atoms with van der Waals surface area (Å²) in [6.07, 6.45) is -3.00. The molecule has 0 atom stereocenters. The lowest BCUT2D eigenvalue weighted by molar-refractivity contribution is -0.141. The lowest BCUT2D eigenvalue weighted by Gasteiger charge is -2.35. The van der Waals surface area contributed by atoms with Crippen LogP contribution in [0.5, 0.6) is 0 Å². The normalized spacial score (nSPS) is 15.2. The summed E-state index contributed by atoms with van der Waals surface area (Å²) >= 11 is 0. The zero-order chi connectivity index (χ0) is 19.8. The fourth-order valence-corrected chi connectivity index (χ4v) is 2.90. The van der Waals surface area contributed by atoms with Gasteiger partial charge in [0.05, 0.1) is 11.3 Å². The molecule has 1 fully saturated rings. The van der Waals surface area contributed by atoms with Crippen LogP contribution in [0.2, 0.25) is 0 Å². The first-order chi connectivity index (χ1) is 12.6. The maximum absolute atomic E-state index is 13.0. The summed E-state index contributed by atoms with van der Waals surface area (Å²) in [6, 6.07) is 0.937. The number of alkyl halides is 3. The number of aryl methyl sites for hydroxylation is 2. The Kier molecular flexibility index (Phi) is 4.99. The van der Waals surface area contributed by atoms with Gasteiger partial charge in [0.25, 0.3) is 0 Å². The third-order valence-corrected chi connectivity index (χ3v) is 4.32. The zero-order valence-corrected chi connectivity index (χ0v) is 15.2. The van der Waals surface area contributed by atoms with Crippen LogP contribution in [0, 0.1) is 13.8 Å². The van der Waals surface area contributed by atoms with E-state index in [0.29, 0.717) is 43.4 Å². The van der Waals surface area contributed by atoms with E-state index in [1.54, 1.807) is 11.8 Å². The SMILES string of the molecule is CC(=O)c1cnc(N2CCN(c3nc(C)cc(C(F)(F)F)n3)CC2)nc1C. The summed E-state index contributed by atoms with van der Waals surface area (Å²) in [6.45, 7) is 6.63. The molecular formula is C17H19F3N6O. The number of rotatable bonds is 3. The largest absolute Gasteiger partial charge is 0.433 e. The minimum Gasteiger partial charge on any atom is -0.337 e. The van der Waals surface area contributed by atoms with Gasteiger partial charge < -0.3 is 9.80 Å². The predicted molar refractivity (Wildman–Crippen MR) is 93.0 cm³/mol. The molecule has 0 aliphatic carbocycles. The first-order valence-electron chi connectivity index (χ1n) is 8.42. The maximum Gasteiger partial charge on any atom is 0.433 e. The Morgan fingerprint density at radius 2 is 1.59 bits per heavy atom. The van der Waals surface area contributed by atoms with Gasteiger partial charge in [0.1, 0.15) is 5.69 Å². The number of nitrogens with zero attached hydrogens (tertiary/aromatic N) is 6. The predicted octanol–water partition coefficient (Wildman–Crippen LogP) is 2.43. The number of Topliss-reactive ketones (excluding diaryl/α,β-unsaturated/α-hetero) is 1. The number of aromatic nitrogens is 4. The minimum atomic E-state index is -4.51. The minimum absolute atomic E-state index is 0.0750. The molecule has 0 spiro atoms. The van der Waals surface area contributed by atoms with Crippen molar-refractivity contribution in [1.29, 1.82) is 0 Å². The van der Waals surface area contributed by atoms with Crippen molar-refractivity contribution in [2.75, 3.05) is 36.0 Å². The number of anilines is 2. The topological polar surface area (TPSA) is 75.1 Å². The Labute approximate surface area is 154 Å². The van der Waals surface area contributed by atoms with E-state index < -0.39 is 11.9 Å². The lowest BCUT2D eigenvalue weighted by atomic mass is 10.2. The first kappa shape index (κ1) is 19.0. The molecule has 0 saturated carbocycles. The Balaban J connectivity index is 1.73. The molecule has 1 aliphatic rings. The van der Waals surface area contributed by atoms with Gasteiger partial charge in [-0.2, -0.15) is 13.2 Å². The molecule has 1 aliphatic heterocycles. The van der Waals surface area contributed by atoms with Crippen LogP contribution >= 0.6 is 0 Å². The summed E-state index contributed by atoms with van der Waals surface area (Å²) < 4.78 is 38.9. The van der Waals surface area contributed by atoms with Crippen molar-refractivity contribution < 1.29 is 18.0 Å². The molecule has 2 aromatic heterocycles. The molecule has 0 unspecified atom stereocenters. The maximum atomic E-state index is 13.0. The van der Waals surface area contributed by atoms with Crippen molar-refractivity contribution in [3.8, 4) is 0 Å². The fourth-order valence-electron chi connectivity index (χ4n) is 2.90. The quantitative estimate of drug-likeness (QED) is 0.757. The summed E-state index contributed by atoms with van der Waals surface area (Å²) in [4.78, 5) is 31.6. The second-order valence-electron chi connectivity index (χ2n) is 6.39. The van der Waals surface area contributed by atoms with Crippen molar-refractivity contribution in [1.82, 2.24) is 19.9 Å². The van der Waals surface area contributed by atoms with Gasteiger partial charge >= 0.3 is 6.18 Å². The molecule has 3 heterocycles. The molecule has 1 saturated heterocycles. The van der Waals surface area contributed by atoms with Crippen LogP contribution in [0.15, 0.2) is 12.3 Å². The molecule has 0 N–H and O–H groups in total. The van der Waals surface area contributed by atoms with E-state index in [2.05, 4.69) is 19.9 Å². The Morgan fingerprint density at radius 1 is 1.00 bits per heavy atom. The van der Waals surface area contributed by atoms with E-state index in [1.165, 1.54) is 20.0 Å². The third-order valence-electron chi connectivity index (χ3n) is 4.32. The van der Waals surface area contributed by atoms with Crippen LogP contribution in [0.25, 0.3) is 0 Å². The van der Waals surface area contributed by atoms with Gasteiger partial charge in [-0.1, -0.05) is 0 Å². The van der Waals surface area contributed by atoms with Gasteiger partial charge in [0, 0.05) is 38.1 Å². The molecule has 7 nitrogen and oxygen atoms in total. The van der Waals surface area contributed by atoms with Gasteiger partial charge in [-0.25, -0.2) is 19.9 Å². The molecule has 0 bridgehead atoms. The Morgan fingerprint density at radius 3 is 2.11 bits per heavy atom. The highest BCUT2D eigenvalue weighted by atomic mass is 19.4. The first-order valence-corrected chi connectivity index (χ1v) is 8.42. The number of piperazine rings is 1. The van der Waals surface area contributed by atoms with Crippen molar-refractivity contribution in [3.05, 3.63) is 34.9 Å². The molecular weight excluding hydrogens is 361 g/mol. The van der Waals surface area contributed by atoms with Crippen molar-refractivity contribution in [2.45, 2.75) is 26.9 Å². The standard InChI is InChI=1S/C17H19F3N6O/c1-10-8-14(17(18,19)20)24-16(22-10)26-6-4-25(5-7-26)15-21-9-13(12(3)27)11(2)23-15/h8-9H,4-7H2,1-3H3. The zero-order valence-electron chi connectivity index (χ0n) is 15.2. The van der Waals surface area contributed by atoms with Crippen LogP contribution in [-0.4, -0.2) is 51.9 Å². The van der Waals surface area contributed by atoms with Crippen LogP contribution in [0.4, 0.5) is 25.1 Å². The van der Waals surface area contributed by atoms with E-state index in [0.717, 1.165) is 6.07 Å². The van der Waals surface area contributed by atoms with E-state index in [1.807, 2.05) is 4.90 Å². The van der Waals surface area contributed by atoms with E-state index in [4.69, 9.17) is 0 Å². The molecule has 27 heavy (non-hydrogen) atoms. The van der Waals surface area contributed by atoms with Crippen molar-refractivity contribution >= 4 is 17.7 Å². The average Bonchev–Trinajstić information content (AvgIpc) is 2.60. The summed E-state index contributed by atoms with van der Waals surface area (Å²) in [5.74, 6) is 0.477. The van der Waals surface area contributed by atoms with Crippen LogP contribution in [0.1, 0.15) is 34.4 Å². The highest BCUT2D eigenvalue weighted by Gasteiger charge is 2.34. The van der Waals surface area contributed by atoms with Gasteiger partial charge in [-0.3, -0.25) is 4.79 Å². The summed E-state index contributed by atoms with van der Waals surface area (Å²) in [7, 11) is 0. The second-order valence-corrected chi connectivity index (χ2v) is 6.39. The third kappa shape index (κ3) is 4.15. The monoisotopic (exact) mass is 380 g/mol. The molecule has 3 rings (SSSR count). The highest BCUT2D eigenvalue weighted by molar-refractivity contribution is 5.94. The highest BCUT2D eigenvalue weighted by Crippen LogP contribution is 2.29. The molecule has 10 heteroatoms. The van der Waals surface area contributed by atoms with Crippen molar-refractivity contribution in [2.24, 2.45) is 0 Å². The molecule has 0 radical (unpaired) electrons.